The van der Waals surface area contributed by atoms with E-state index in [9.17, 15) is 13.2 Å². The van der Waals surface area contributed by atoms with Crippen LogP contribution >= 0.6 is 23.2 Å². The summed E-state index contributed by atoms with van der Waals surface area (Å²) in [5.41, 5.74) is 1.53. The summed E-state index contributed by atoms with van der Waals surface area (Å²) in [5, 5.41) is 15.0. The van der Waals surface area contributed by atoms with Gasteiger partial charge in [-0.2, -0.15) is 9.97 Å². The second-order valence-corrected chi connectivity index (χ2v) is 10.2. The molecule has 1 amide bonds. The van der Waals surface area contributed by atoms with Crippen LogP contribution < -0.4 is 21.1 Å². The van der Waals surface area contributed by atoms with Gasteiger partial charge < -0.3 is 16.0 Å². The predicted molar refractivity (Wildman–Crippen MR) is 141 cm³/mol. The number of aromatic nitrogens is 4. The van der Waals surface area contributed by atoms with Crippen LogP contribution in [0.5, 0.6) is 0 Å². The summed E-state index contributed by atoms with van der Waals surface area (Å²) in [6.45, 7) is 0.526. The van der Waals surface area contributed by atoms with Gasteiger partial charge in [0.25, 0.3) is 0 Å². The standard InChI is InChI=1S/C23H22Cl2N8O3S/c24-17-4-3-16(19(25)9-17)12-29-22(34)13-28-20-10-21(33-8-7-27-14-33)32-23(31-20)30-11-15-1-5-18(6-2-15)37(26,35)36/h1-10,14H,11-13H2,(H,29,34)(H2,26,35,36)(H2,28,30,31,32). The Morgan fingerprint density at radius 3 is 2.46 bits per heavy atom. The third-order valence-corrected chi connectivity index (χ3v) is 6.62. The molecule has 11 nitrogen and oxygen atoms in total. The van der Waals surface area contributed by atoms with E-state index in [4.69, 9.17) is 28.3 Å². The van der Waals surface area contributed by atoms with Gasteiger partial charge in [0, 0.05) is 41.6 Å². The number of halogens is 2. The van der Waals surface area contributed by atoms with Gasteiger partial charge >= 0.3 is 0 Å². The second-order valence-electron chi connectivity index (χ2n) is 7.81. The van der Waals surface area contributed by atoms with Crippen molar-refractivity contribution in [1.82, 2.24) is 24.8 Å². The summed E-state index contributed by atoms with van der Waals surface area (Å²) >= 11 is 12.1. The molecule has 0 aliphatic rings. The first kappa shape index (κ1) is 26.4. The van der Waals surface area contributed by atoms with Gasteiger partial charge in [-0.1, -0.05) is 41.4 Å². The molecule has 0 radical (unpaired) electrons. The highest BCUT2D eigenvalue weighted by Crippen LogP contribution is 2.21. The number of nitrogens with one attached hydrogen (secondary N) is 3. The zero-order chi connectivity index (χ0) is 26.4. The lowest BCUT2D eigenvalue weighted by Crippen LogP contribution is -2.29. The van der Waals surface area contributed by atoms with E-state index >= 15 is 0 Å². The van der Waals surface area contributed by atoms with Crippen LogP contribution in [-0.2, 0) is 27.9 Å². The first-order chi connectivity index (χ1) is 17.7. The molecule has 14 heteroatoms. The maximum Gasteiger partial charge on any atom is 0.239 e. The molecule has 0 fully saturated rings. The van der Waals surface area contributed by atoms with E-state index in [0.29, 0.717) is 28.2 Å². The fourth-order valence-corrected chi connectivity index (χ4v) is 4.19. The lowest BCUT2D eigenvalue weighted by Gasteiger charge is -2.12. The number of anilines is 2. The smallest absolute Gasteiger partial charge is 0.239 e. The van der Waals surface area contributed by atoms with Gasteiger partial charge in [-0.25, -0.2) is 18.5 Å². The Labute approximate surface area is 223 Å². The summed E-state index contributed by atoms with van der Waals surface area (Å²) in [7, 11) is -3.77. The molecule has 0 atom stereocenters. The summed E-state index contributed by atoms with van der Waals surface area (Å²) in [6.07, 6.45) is 4.93. The lowest BCUT2D eigenvalue weighted by molar-refractivity contribution is -0.119. The number of nitrogens with zero attached hydrogens (tertiary/aromatic N) is 4. The molecule has 0 unspecified atom stereocenters. The molecular formula is C23H22Cl2N8O3S. The van der Waals surface area contributed by atoms with Crippen LogP contribution in [0.4, 0.5) is 11.8 Å². The monoisotopic (exact) mass is 560 g/mol. The number of carbonyl (C=O) groups is 1. The van der Waals surface area contributed by atoms with E-state index in [1.807, 2.05) is 0 Å². The quantitative estimate of drug-likeness (QED) is 0.230. The normalized spacial score (nSPS) is 11.2. The molecule has 4 aromatic rings. The largest absolute Gasteiger partial charge is 0.361 e. The average Bonchev–Trinajstić information content (AvgIpc) is 3.41. The molecule has 2 aromatic heterocycles. The Morgan fingerprint density at radius 2 is 1.78 bits per heavy atom. The minimum absolute atomic E-state index is 0.0256. The molecule has 0 aliphatic carbocycles. The third kappa shape index (κ3) is 7.40. The fourth-order valence-electron chi connectivity index (χ4n) is 3.20. The van der Waals surface area contributed by atoms with Gasteiger partial charge in [0.05, 0.1) is 11.4 Å². The van der Waals surface area contributed by atoms with Gasteiger partial charge in [-0.15, -0.1) is 0 Å². The number of rotatable bonds is 10. The van der Waals surface area contributed by atoms with Crippen molar-refractivity contribution in [1.29, 1.82) is 0 Å². The maximum absolute atomic E-state index is 12.4. The van der Waals surface area contributed by atoms with Gasteiger partial charge in [0.2, 0.25) is 21.9 Å². The average molecular weight is 561 g/mol. The predicted octanol–water partition coefficient (Wildman–Crippen LogP) is 2.96. The number of sulfonamides is 1. The Hall–Kier alpha value is -3.71. The number of amides is 1. The van der Waals surface area contributed by atoms with E-state index in [-0.39, 0.29) is 29.8 Å². The highest BCUT2D eigenvalue weighted by molar-refractivity contribution is 7.89. The Kier molecular flexibility index (Phi) is 8.24. The van der Waals surface area contributed by atoms with Crippen molar-refractivity contribution < 1.29 is 13.2 Å². The summed E-state index contributed by atoms with van der Waals surface area (Å²) in [6, 6.07) is 12.9. The minimum atomic E-state index is -3.77. The van der Waals surface area contributed by atoms with Gasteiger partial charge in [-0.3, -0.25) is 9.36 Å². The molecule has 0 bridgehead atoms. The van der Waals surface area contributed by atoms with Crippen LogP contribution in [0.15, 0.2) is 72.1 Å². The van der Waals surface area contributed by atoms with Crippen molar-refractivity contribution in [3.05, 3.63) is 88.4 Å². The lowest BCUT2D eigenvalue weighted by atomic mass is 10.2. The highest BCUT2D eigenvalue weighted by Gasteiger charge is 2.10. The van der Waals surface area contributed by atoms with Crippen molar-refractivity contribution in [2.75, 3.05) is 17.2 Å². The summed E-state index contributed by atoms with van der Waals surface area (Å²) in [5.74, 6) is 0.955. The topological polar surface area (TPSA) is 157 Å². The Morgan fingerprint density at radius 1 is 1.00 bits per heavy atom. The number of hydrogen-bond donors (Lipinski definition) is 4. The molecule has 4 rings (SSSR count). The maximum atomic E-state index is 12.4. The van der Waals surface area contributed by atoms with Crippen molar-refractivity contribution in [3.63, 3.8) is 0 Å². The second kappa shape index (κ2) is 11.6. The van der Waals surface area contributed by atoms with E-state index in [0.717, 1.165) is 11.1 Å². The Bertz CT molecular complexity index is 1500. The molecule has 2 aromatic carbocycles. The van der Waals surface area contributed by atoms with Crippen LogP contribution in [0.1, 0.15) is 11.1 Å². The van der Waals surface area contributed by atoms with Crippen LogP contribution in [-0.4, -0.2) is 40.4 Å². The number of carbonyl (C=O) groups excluding carboxylic acids is 1. The molecule has 0 saturated carbocycles. The van der Waals surface area contributed by atoms with Crippen molar-refractivity contribution in [2.24, 2.45) is 5.14 Å². The van der Waals surface area contributed by atoms with E-state index in [2.05, 4.69) is 30.9 Å². The van der Waals surface area contributed by atoms with Crippen molar-refractivity contribution in [2.45, 2.75) is 18.0 Å². The van der Waals surface area contributed by atoms with E-state index in [1.165, 1.54) is 12.1 Å². The van der Waals surface area contributed by atoms with Gasteiger partial charge in [0.1, 0.15) is 18.0 Å². The van der Waals surface area contributed by atoms with Crippen LogP contribution in [0.3, 0.4) is 0 Å². The summed E-state index contributed by atoms with van der Waals surface area (Å²) < 4.78 is 24.6. The highest BCUT2D eigenvalue weighted by atomic mass is 35.5. The Balaban J connectivity index is 1.42. The number of hydrogen-bond acceptors (Lipinski definition) is 8. The molecule has 0 saturated heterocycles. The molecule has 0 spiro atoms. The number of benzene rings is 2. The SMILES string of the molecule is NS(=O)(=O)c1ccc(CNc2nc(NCC(=O)NCc3ccc(Cl)cc3Cl)cc(-n3ccnc3)n2)cc1. The molecule has 5 N–H and O–H groups in total. The zero-order valence-electron chi connectivity index (χ0n) is 19.2. The minimum Gasteiger partial charge on any atom is -0.361 e. The third-order valence-electron chi connectivity index (χ3n) is 5.11. The summed E-state index contributed by atoms with van der Waals surface area (Å²) in [4.78, 5) is 25.4. The van der Waals surface area contributed by atoms with E-state index < -0.39 is 10.0 Å². The zero-order valence-corrected chi connectivity index (χ0v) is 21.6. The van der Waals surface area contributed by atoms with Crippen molar-refractivity contribution >= 4 is 50.9 Å². The number of primary sulfonamides is 1. The molecule has 192 valence electrons. The molecule has 37 heavy (non-hydrogen) atoms. The van der Waals surface area contributed by atoms with E-state index in [1.54, 1.807) is 59.7 Å². The first-order valence-corrected chi connectivity index (χ1v) is 13.1. The fraction of sp³-hybridized carbons (Fsp3) is 0.130. The number of imidazole rings is 1. The first-order valence-electron chi connectivity index (χ1n) is 10.8. The number of nitrogens with two attached hydrogens (primary N) is 1. The van der Waals surface area contributed by atoms with Crippen LogP contribution in [0.25, 0.3) is 5.82 Å². The van der Waals surface area contributed by atoms with Crippen LogP contribution in [0, 0.1) is 0 Å². The van der Waals surface area contributed by atoms with Gasteiger partial charge in [0.15, 0.2) is 0 Å². The van der Waals surface area contributed by atoms with Crippen molar-refractivity contribution in [3.8, 4) is 5.82 Å². The molecule has 2 heterocycles. The van der Waals surface area contributed by atoms with Crippen LogP contribution in [0.2, 0.25) is 10.0 Å². The molecule has 0 aliphatic heterocycles. The van der Waals surface area contributed by atoms with Gasteiger partial charge in [-0.05, 0) is 35.4 Å². The molecular weight excluding hydrogens is 539 g/mol.